The fourth-order valence-electron chi connectivity index (χ4n) is 1.65. The van der Waals surface area contributed by atoms with Gasteiger partial charge in [-0.25, -0.2) is 0 Å². The summed E-state index contributed by atoms with van der Waals surface area (Å²) in [6, 6.07) is 8.30. The molecule has 0 radical (unpaired) electrons. The molecule has 72 valence electrons. The lowest BCUT2D eigenvalue weighted by molar-refractivity contribution is -0.110. The van der Waals surface area contributed by atoms with Gasteiger partial charge in [0.1, 0.15) is 6.29 Å². The largest absolute Gasteiger partial charge is 0.361 e. The smallest absolute Gasteiger partial charge is 0.123 e. The van der Waals surface area contributed by atoms with Crippen molar-refractivity contribution in [2.45, 2.75) is 13.3 Å². The highest BCUT2D eigenvalue weighted by Crippen LogP contribution is 2.16. The molecule has 2 aromatic rings. The Kier molecular flexibility index (Phi) is 2.35. The zero-order chi connectivity index (χ0) is 9.97. The van der Waals surface area contributed by atoms with Gasteiger partial charge in [0.15, 0.2) is 0 Å². The van der Waals surface area contributed by atoms with Crippen LogP contribution in [-0.2, 0) is 11.2 Å². The van der Waals surface area contributed by atoms with E-state index in [2.05, 4.69) is 23.2 Å². The van der Waals surface area contributed by atoms with Crippen LogP contribution in [0.25, 0.3) is 10.9 Å². The zero-order valence-corrected chi connectivity index (χ0v) is 8.16. The van der Waals surface area contributed by atoms with Gasteiger partial charge in [0.05, 0.1) is 0 Å². The monoisotopic (exact) mass is 187 g/mol. The molecule has 1 atom stereocenters. The molecular formula is C12H13NO. The lowest BCUT2D eigenvalue weighted by Crippen LogP contribution is -2.00. The minimum absolute atomic E-state index is 0.103. The van der Waals surface area contributed by atoms with Crippen molar-refractivity contribution in [3.05, 3.63) is 36.0 Å². The summed E-state index contributed by atoms with van der Waals surface area (Å²) in [5, 5.41) is 1.21. The van der Waals surface area contributed by atoms with Crippen LogP contribution in [0.1, 0.15) is 12.5 Å². The molecule has 2 heteroatoms. The van der Waals surface area contributed by atoms with Crippen LogP contribution < -0.4 is 0 Å². The quantitative estimate of drug-likeness (QED) is 0.736. The van der Waals surface area contributed by atoms with E-state index in [1.165, 1.54) is 10.9 Å². The molecule has 14 heavy (non-hydrogen) atoms. The molecule has 1 heterocycles. The maximum atomic E-state index is 10.5. The molecule has 0 aliphatic heterocycles. The van der Waals surface area contributed by atoms with E-state index < -0.39 is 0 Å². The highest BCUT2D eigenvalue weighted by Gasteiger charge is 2.02. The van der Waals surface area contributed by atoms with Crippen molar-refractivity contribution in [3.8, 4) is 0 Å². The molecule has 0 spiro atoms. The molecule has 2 rings (SSSR count). The topological polar surface area (TPSA) is 32.9 Å². The first-order chi connectivity index (χ1) is 6.79. The number of benzene rings is 1. The lowest BCUT2D eigenvalue weighted by Gasteiger charge is -2.03. The van der Waals surface area contributed by atoms with Gasteiger partial charge in [0.2, 0.25) is 0 Å². The van der Waals surface area contributed by atoms with Crippen LogP contribution in [0.3, 0.4) is 0 Å². The Morgan fingerprint density at radius 3 is 3.07 bits per heavy atom. The molecule has 1 aromatic carbocycles. The van der Waals surface area contributed by atoms with Crippen LogP contribution in [0.5, 0.6) is 0 Å². The number of carbonyl (C=O) groups is 1. The minimum Gasteiger partial charge on any atom is -0.361 e. The van der Waals surface area contributed by atoms with Crippen molar-refractivity contribution < 1.29 is 4.79 Å². The molecule has 0 fully saturated rings. The van der Waals surface area contributed by atoms with Gasteiger partial charge in [-0.15, -0.1) is 0 Å². The fourth-order valence-corrected chi connectivity index (χ4v) is 1.65. The van der Waals surface area contributed by atoms with Crippen molar-refractivity contribution >= 4 is 17.2 Å². The summed E-state index contributed by atoms with van der Waals surface area (Å²) in [6.45, 7) is 1.94. The van der Waals surface area contributed by atoms with Gasteiger partial charge >= 0.3 is 0 Å². The van der Waals surface area contributed by atoms with Gasteiger partial charge in [0.25, 0.3) is 0 Å². The Hall–Kier alpha value is -1.57. The summed E-state index contributed by atoms with van der Waals surface area (Å²) in [7, 11) is 0. The summed E-state index contributed by atoms with van der Waals surface area (Å²) in [6.07, 6.45) is 3.75. The van der Waals surface area contributed by atoms with Gasteiger partial charge in [-0.2, -0.15) is 0 Å². The van der Waals surface area contributed by atoms with E-state index in [9.17, 15) is 4.79 Å². The van der Waals surface area contributed by atoms with E-state index >= 15 is 0 Å². The number of fused-ring (bicyclic) bond motifs is 1. The Labute approximate surface area is 82.9 Å². The molecular weight excluding hydrogens is 174 g/mol. The number of hydrogen-bond acceptors (Lipinski definition) is 1. The van der Waals surface area contributed by atoms with Gasteiger partial charge in [-0.05, 0) is 35.6 Å². The van der Waals surface area contributed by atoms with E-state index in [0.29, 0.717) is 0 Å². The second kappa shape index (κ2) is 3.66. The SMILES string of the molecule is CC(C=O)Cc1ccc2[nH]ccc2c1. The van der Waals surface area contributed by atoms with Gasteiger partial charge in [-0.1, -0.05) is 13.0 Å². The molecule has 1 N–H and O–H groups in total. The average molecular weight is 187 g/mol. The van der Waals surface area contributed by atoms with Crippen molar-refractivity contribution in [2.75, 3.05) is 0 Å². The lowest BCUT2D eigenvalue weighted by atomic mass is 10.0. The number of nitrogens with one attached hydrogen (secondary N) is 1. The van der Waals surface area contributed by atoms with E-state index in [1.807, 2.05) is 19.2 Å². The molecule has 0 amide bonds. The third-order valence-electron chi connectivity index (χ3n) is 2.41. The van der Waals surface area contributed by atoms with Gasteiger partial charge < -0.3 is 9.78 Å². The summed E-state index contributed by atoms with van der Waals surface area (Å²) >= 11 is 0. The molecule has 0 saturated carbocycles. The minimum atomic E-state index is 0.103. The number of hydrogen-bond donors (Lipinski definition) is 1. The predicted octanol–water partition coefficient (Wildman–Crippen LogP) is 2.55. The molecule has 0 saturated heterocycles. The van der Waals surface area contributed by atoms with E-state index in [4.69, 9.17) is 0 Å². The number of rotatable bonds is 3. The van der Waals surface area contributed by atoms with Crippen molar-refractivity contribution in [3.63, 3.8) is 0 Å². The van der Waals surface area contributed by atoms with E-state index in [-0.39, 0.29) is 5.92 Å². The highest BCUT2D eigenvalue weighted by atomic mass is 16.1. The van der Waals surface area contributed by atoms with Crippen LogP contribution in [0, 0.1) is 5.92 Å². The Morgan fingerprint density at radius 1 is 1.43 bits per heavy atom. The molecule has 1 unspecified atom stereocenters. The van der Waals surface area contributed by atoms with Crippen molar-refractivity contribution in [1.29, 1.82) is 0 Å². The van der Waals surface area contributed by atoms with Crippen LogP contribution in [-0.4, -0.2) is 11.3 Å². The Morgan fingerprint density at radius 2 is 2.29 bits per heavy atom. The number of aromatic amines is 1. The Bertz CT molecular complexity index is 444. The number of aromatic nitrogens is 1. The highest BCUT2D eigenvalue weighted by molar-refractivity contribution is 5.80. The molecule has 2 nitrogen and oxygen atoms in total. The molecule has 0 aliphatic carbocycles. The molecule has 0 aliphatic rings. The first-order valence-corrected chi connectivity index (χ1v) is 4.81. The van der Waals surface area contributed by atoms with Crippen LogP contribution in [0.2, 0.25) is 0 Å². The maximum absolute atomic E-state index is 10.5. The normalized spacial score (nSPS) is 12.9. The van der Waals surface area contributed by atoms with Crippen molar-refractivity contribution in [1.82, 2.24) is 4.98 Å². The third kappa shape index (κ3) is 1.69. The van der Waals surface area contributed by atoms with E-state index in [0.717, 1.165) is 18.2 Å². The fraction of sp³-hybridized carbons (Fsp3) is 0.250. The average Bonchev–Trinajstić information content (AvgIpc) is 2.64. The first kappa shape index (κ1) is 9.00. The second-order valence-electron chi connectivity index (χ2n) is 3.72. The van der Waals surface area contributed by atoms with Gasteiger partial charge in [-0.3, -0.25) is 0 Å². The summed E-state index contributed by atoms with van der Waals surface area (Å²) in [4.78, 5) is 13.7. The standard InChI is InChI=1S/C12H13NO/c1-9(8-14)6-10-2-3-12-11(7-10)4-5-13-12/h2-5,7-9,13H,6H2,1H3. The molecule has 0 bridgehead atoms. The number of carbonyl (C=O) groups excluding carboxylic acids is 1. The van der Waals surface area contributed by atoms with Crippen LogP contribution in [0.4, 0.5) is 0 Å². The van der Waals surface area contributed by atoms with Gasteiger partial charge in [0, 0.05) is 17.6 Å². The number of aldehydes is 1. The third-order valence-corrected chi connectivity index (χ3v) is 2.41. The molecule has 1 aromatic heterocycles. The van der Waals surface area contributed by atoms with E-state index in [1.54, 1.807) is 0 Å². The maximum Gasteiger partial charge on any atom is 0.123 e. The first-order valence-electron chi connectivity index (χ1n) is 4.81. The summed E-state index contributed by atoms with van der Waals surface area (Å²) in [5.74, 6) is 0.103. The summed E-state index contributed by atoms with van der Waals surface area (Å²) < 4.78 is 0. The number of H-pyrrole nitrogens is 1. The predicted molar refractivity (Wildman–Crippen MR) is 57.2 cm³/mol. The van der Waals surface area contributed by atoms with Crippen LogP contribution >= 0.6 is 0 Å². The zero-order valence-electron chi connectivity index (χ0n) is 8.16. The van der Waals surface area contributed by atoms with Crippen molar-refractivity contribution in [2.24, 2.45) is 5.92 Å². The Balaban J connectivity index is 2.29. The van der Waals surface area contributed by atoms with Crippen LogP contribution in [0.15, 0.2) is 30.5 Å². The summed E-state index contributed by atoms with van der Waals surface area (Å²) in [5.41, 5.74) is 2.37. The second-order valence-corrected chi connectivity index (χ2v) is 3.72.